The first-order valence-corrected chi connectivity index (χ1v) is 11.4. The number of aromatic nitrogens is 3. The number of nitrogens with one attached hydrogen (secondary N) is 4. The minimum absolute atomic E-state index is 0.197. The fraction of sp³-hybridized carbons (Fsp3) is 0.185. The van der Waals surface area contributed by atoms with Gasteiger partial charge < -0.3 is 21.3 Å². The molecule has 1 heterocycles. The molecule has 0 aliphatic heterocycles. The molecule has 0 radical (unpaired) electrons. The molecular formula is C27H29N7O. The molecule has 8 nitrogen and oxygen atoms in total. The summed E-state index contributed by atoms with van der Waals surface area (Å²) in [4.78, 5) is 26.3. The zero-order valence-electron chi connectivity index (χ0n) is 20.3. The second-order valence-electron chi connectivity index (χ2n) is 8.51. The zero-order chi connectivity index (χ0) is 24.8. The van der Waals surface area contributed by atoms with Crippen LogP contribution in [0.1, 0.15) is 23.6 Å². The fourth-order valence-corrected chi connectivity index (χ4v) is 3.32. The first-order chi connectivity index (χ1) is 16.8. The monoisotopic (exact) mass is 467 g/mol. The summed E-state index contributed by atoms with van der Waals surface area (Å²) in [5.74, 6) is 0.785. The molecule has 0 spiro atoms. The van der Waals surface area contributed by atoms with Gasteiger partial charge >= 0.3 is 0 Å². The number of benzene rings is 3. The molecule has 0 fully saturated rings. The van der Waals surface area contributed by atoms with E-state index in [4.69, 9.17) is 0 Å². The summed E-state index contributed by atoms with van der Waals surface area (Å²) >= 11 is 0. The van der Waals surface area contributed by atoms with Gasteiger partial charge in [0.25, 0.3) is 0 Å². The predicted octanol–water partition coefficient (Wildman–Crippen LogP) is 5.72. The van der Waals surface area contributed by atoms with Gasteiger partial charge in [0.15, 0.2) is 0 Å². The Hall–Kier alpha value is -4.46. The summed E-state index contributed by atoms with van der Waals surface area (Å²) in [5.41, 5.74) is 5.81. The van der Waals surface area contributed by atoms with Crippen molar-refractivity contribution in [1.29, 1.82) is 0 Å². The first kappa shape index (κ1) is 23.7. The lowest BCUT2D eigenvalue weighted by molar-refractivity contribution is -0.116. The normalized spacial score (nSPS) is 11.4. The van der Waals surface area contributed by atoms with Crippen molar-refractivity contribution >= 4 is 40.8 Å². The molecule has 3 aromatic carbocycles. The number of carbonyl (C=O) groups excluding carboxylic acids is 1. The third-order valence-electron chi connectivity index (χ3n) is 5.28. The Labute approximate surface area is 205 Å². The Kier molecular flexibility index (Phi) is 7.21. The Morgan fingerprint density at radius 2 is 1.17 bits per heavy atom. The summed E-state index contributed by atoms with van der Waals surface area (Å²) in [6, 6.07) is 22.9. The molecule has 0 aliphatic rings. The number of anilines is 6. The second kappa shape index (κ2) is 10.6. The van der Waals surface area contributed by atoms with Crippen molar-refractivity contribution < 1.29 is 4.79 Å². The molecule has 0 bridgehead atoms. The van der Waals surface area contributed by atoms with Gasteiger partial charge in [0.05, 0.1) is 0 Å². The van der Waals surface area contributed by atoms with Crippen molar-refractivity contribution in [3.63, 3.8) is 0 Å². The number of hydrogen-bond donors (Lipinski definition) is 4. The van der Waals surface area contributed by atoms with Gasteiger partial charge in [-0.25, -0.2) is 0 Å². The molecule has 0 unspecified atom stereocenters. The van der Waals surface area contributed by atoms with Gasteiger partial charge in [-0.3, -0.25) is 4.79 Å². The van der Waals surface area contributed by atoms with Crippen molar-refractivity contribution in [2.24, 2.45) is 0 Å². The van der Waals surface area contributed by atoms with E-state index in [1.807, 2.05) is 93.6 Å². The van der Waals surface area contributed by atoms with Crippen molar-refractivity contribution in [3.05, 3.63) is 89.5 Å². The van der Waals surface area contributed by atoms with Crippen molar-refractivity contribution in [2.45, 2.75) is 33.7 Å². The molecule has 1 amide bonds. The van der Waals surface area contributed by atoms with Crippen LogP contribution in [0.15, 0.2) is 72.8 Å². The molecule has 1 atom stereocenters. The van der Waals surface area contributed by atoms with E-state index < -0.39 is 6.04 Å². The average molecular weight is 468 g/mol. The topological polar surface area (TPSA) is 104 Å². The summed E-state index contributed by atoms with van der Waals surface area (Å²) in [7, 11) is 0. The van der Waals surface area contributed by atoms with Crippen LogP contribution in [0.25, 0.3) is 0 Å². The maximum absolute atomic E-state index is 12.8. The van der Waals surface area contributed by atoms with Gasteiger partial charge in [0.2, 0.25) is 23.8 Å². The highest BCUT2D eigenvalue weighted by molar-refractivity contribution is 5.96. The van der Waals surface area contributed by atoms with Gasteiger partial charge in [-0.1, -0.05) is 47.5 Å². The molecule has 4 N–H and O–H groups in total. The standard InChI is InChI=1S/C27H29N7O/c1-17-8-12-21(13-9-17)30-26-32-25(33-27(34-26)31-22-14-10-18(2)11-15-22)28-20(4)24(35)29-23-7-5-6-19(3)16-23/h5-16,20H,1-4H3,(H,29,35)(H3,28,30,31,32,33,34)/t20-/m0/s1. The Morgan fingerprint density at radius 1 is 0.657 bits per heavy atom. The SMILES string of the molecule is Cc1ccc(Nc2nc(Nc3ccc(C)cc3)nc(N[C@@H](C)C(=O)Nc3cccc(C)c3)n2)cc1. The van der Waals surface area contributed by atoms with Gasteiger partial charge in [-0.2, -0.15) is 15.0 Å². The maximum Gasteiger partial charge on any atom is 0.246 e. The highest BCUT2D eigenvalue weighted by Gasteiger charge is 2.16. The predicted molar refractivity (Wildman–Crippen MR) is 142 cm³/mol. The smallest absolute Gasteiger partial charge is 0.246 e. The van der Waals surface area contributed by atoms with Gasteiger partial charge in [-0.05, 0) is 69.7 Å². The number of nitrogens with zero attached hydrogens (tertiary/aromatic N) is 3. The van der Waals surface area contributed by atoms with E-state index in [2.05, 4.69) is 36.2 Å². The van der Waals surface area contributed by atoms with Gasteiger partial charge in [-0.15, -0.1) is 0 Å². The van der Waals surface area contributed by atoms with Crippen LogP contribution >= 0.6 is 0 Å². The van der Waals surface area contributed by atoms with E-state index in [1.165, 1.54) is 0 Å². The Balaban J connectivity index is 1.55. The van der Waals surface area contributed by atoms with Crippen LogP contribution in [0.2, 0.25) is 0 Å². The Morgan fingerprint density at radius 3 is 1.69 bits per heavy atom. The van der Waals surface area contributed by atoms with Crippen molar-refractivity contribution in [3.8, 4) is 0 Å². The fourth-order valence-electron chi connectivity index (χ4n) is 3.32. The molecule has 1 aromatic heterocycles. The first-order valence-electron chi connectivity index (χ1n) is 11.4. The number of aryl methyl sites for hydroxylation is 3. The second-order valence-corrected chi connectivity index (χ2v) is 8.51. The molecule has 4 rings (SSSR count). The quantitative estimate of drug-likeness (QED) is 0.263. The van der Waals surface area contributed by atoms with Crippen LogP contribution in [-0.2, 0) is 4.79 Å². The number of amides is 1. The van der Waals surface area contributed by atoms with E-state index >= 15 is 0 Å². The van der Waals surface area contributed by atoms with E-state index in [0.29, 0.717) is 11.9 Å². The number of hydrogen-bond acceptors (Lipinski definition) is 7. The minimum Gasteiger partial charge on any atom is -0.342 e. The Bertz CT molecular complexity index is 1240. The lowest BCUT2D eigenvalue weighted by Gasteiger charge is -2.16. The summed E-state index contributed by atoms with van der Waals surface area (Å²) < 4.78 is 0. The summed E-state index contributed by atoms with van der Waals surface area (Å²) in [6.45, 7) is 7.80. The minimum atomic E-state index is -0.586. The number of rotatable bonds is 8. The highest BCUT2D eigenvalue weighted by atomic mass is 16.2. The van der Waals surface area contributed by atoms with E-state index in [1.54, 1.807) is 6.92 Å². The van der Waals surface area contributed by atoms with Gasteiger partial charge in [0.1, 0.15) is 6.04 Å². The lowest BCUT2D eigenvalue weighted by atomic mass is 10.2. The molecule has 0 aliphatic carbocycles. The van der Waals surface area contributed by atoms with Crippen LogP contribution in [0.3, 0.4) is 0 Å². The van der Waals surface area contributed by atoms with E-state index in [0.717, 1.165) is 33.8 Å². The highest BCUT2D eigenvalue weighted by Crippen LogP contribution is 2.20. The van der Waals surface area contributed by atoms with Gasteiger partial charge in [0, 0.05) is 17.1 Å². The summed E-state index contributed by atoms with van der Waals surface area (Å²) in [5, 5.41) is 12.4. The van der Waals surface area contributed by atoms with Crippen LogP contribution in [0.4, 0.5) is 34.9 Å². The maximum atomic E-state index is 12.8. The zero-order valence-corrected chi connectivity index (χ0v) is 20.3. The largest absolute Gasteiger partial charge is 0.342 e. The molecular weight excluding hydrogens is 438 g/mol. The van der Waals surface area contributed by atoms with Crippen molar-refractivity contribution in [1.82, 2.24) is 15.0 Å². The third-order valence-corrected chi connectivity index (χ3v) is 5.28. The van der Waals surface area contributed by atoms with Crippen molar-refractivity contribution in [2.75, 3.05) is 21.3 Å². The van der Waals surface area contributed by atoms with Crippen LogP contribution in [-0.4, -0.2) is 26.9 Å². The van der Waals surface area contributed by atoms with E-state index in [9.17, 15) is 4.79 Å². The van der Waals surface area contributed by atoms with Crippen LogP contribution in [0.5, 0.6) is 0 Å². The average Bonchev–Trinajstić information content (AvgIpc) is 2.82. The lowest BCUT2D eigenvalue weighted by Crippen LogP contribution is -2.32. The number of carbonyl (C=O) groups is 1. The molecule has 8 heteroatoms. The molecule has 0 saturated carbocycles. The molecule has 35 heavy (non-hydrogen) atoms. The molecule has 4 aromatic rings. The molecule has 178 valence electrons. The third kappa shape index (κ3) is 6.77. The molecule has 0 saturated heterocycles. The van der Waals surface area contributed by atoms with Crippen LogP contribution in [0, 0.1) is 20.8 Å². The van der Waals surface area contributed by atoms with Crippen LogP contribution < -0.4 is 21.3 Å². The summed E-state index contributed by atoms with van der Waals surface area (Å²) in [6.07, 6.45) is 0. The van der Waals surface area contributed by atoms with E-state index in [-0.39, 0.29) is 11.9 Å².